The number of benzene rings is 2. The predicted molar refractivity (Wildman–Crippen MR) is 114 cm³/mol. The van der Waals surface area contributed by atoms with Crippen molar-refractivity contribution in [1.29, 1.82) is 0 Å². The van der Waals surface area contributed by atoms with E-state index in [0.29, 0.717) is 24.0 Å². The quantitative estimate of drug-likeness (QED) is 0.375. The molecule has 2 rings (SSSR count). The summed E-state index contributed by atoms with van der Waals surface area (Å²) in [6.45, 7) is 4.51. The van der Waals surface area contributed by atoms with E-state index in [-0.39, 0.29) is 30.1 Å². The van der Waals surface area contributed by atoms with E-state index in [1.54, 1.807) is 7.11 Å². The van der Waals surface area contributed by atoms with Crippen LogP contribution in [-0.4, -0.2) is 25.7 Å². The Morgan fingerprint density at radius 1 is 1.16 bits per heavy atom. The number of rotatable bonds is 7. The zero-order chi connectivity index (χ0) is 17.4. The van der Waals surface area contributed by atoms with Crippen molar-refractivity contribution in [1.82, 2.24) is 0 Å². The van der Waals surface area contributed by atoms with Crippen molar-refractivity contribution >= 4 is 35.6 Å². The summed E-state index contributed by atoms with van der Waals surface area (Å²) in [5, 5.41) is 3.11. The van der Waals surface area contributed by atoms with E-state index in [1.165, 1.54) is 5.56 Å². The number of hydrogen-bond acceptors (Lipinski definition) is 3. The molecule has 0 aromatic heterocycles. The molecule has 0 saturated heterocycles. The highest BCUT2D eigenvalue weighted by molar-refractivity contribution is 14.0. The number of nitrogens with zero attached hydrogens (tertiary/aromatic N) is 1. The fourth-order valence-electron chi connectivity index (χ4n) is 2.25. The lowest BCUT2D eigenvalue weighted by Gasteiger charge is -2.15. The molecule has 0 aliphatic carbocycles. The Morgan fingerprint density at radius 2 is 1.88 bits per heavy atom. The molecule has 25 heavy (non-hydrogen) atoms. The second-order valence-electron chi connectivity index (χ2n) is 5.48. The van der Waals surface area contributed by atoms with E-state index in [2.05, 4.69) is 29.4 Å². The van der Waals surface area contributed by atoms with Gasteiger partial charge in [0.1, 0.15) is 6.10 Å². The maximum atomic E-state index is 5.95. The fourth-order valence-corrected chi connectivity index (χ4v) is 2.25. The lowest BCUT2D eigenvalue weighted by molar-refractivity contribution is 0.219. The van der Waals surface area contributed by atoms with Crippen molar-refractivity contribution in [3.8, 4) is 11.5 Å². The number of methoxy groups -OCH3 is 1. The van der Waals surface area contributed by atoms with Gasteiger partial charge in [-0.1, -0.05) is 31.2 Å². The maximum absolute atomic E-state index is 5.95. The number of halogens is 1. The fraction of sp³-hybridized carbons (Fsp3) is 0.316. The van der Waals surface area contributed by atoms with E-state index in [1.807, 2.05) is 43.3 Å². The Kier molecular flexibility index (Phi) is 9.12. The Hall–Kier alpha value is -1.96. The van der Waals surface area contributed by atoms with Crippen LogP contribution in [0.15, 0.2) is 53.5 Å². The number of aryl methyl sites for hydroxylation is 1. The Bertz CT molecular complexity index is 692. The number of aliphatic imine (C=N–C) groups is 1. The van der Waals surface area contributed by atoms with Crippen LogP contribution >= 0.6 is 24.0 Å². The molecule has 0 aliphatic rings. The van der Waals surface area contributed by atoms with E-state index < -0.39 is 0 Å². The average Bonchev–Trinajstić information content (AvgIpc) is 2.60. The number of ether oxygens (including phenoxy) is 2. The molecule has 136 valence electrons. The largest absolute Gasteiger partial charge is 0.493 e. The molecular formula is C19H26IN3O2. The zero-order valence-electron chi connectivity index (χ0n) is 14.9. The standard InChI is InChI=1S/C19H25N3O2.HI/c1-4-15-8-7-9-16(12-15)22-19(20)21-13-14(2)24-18-11-6-5-10-17(18)23-3;/h5-12,14H,4,13H2,1-3H3,(H3,20,21,22);1H. The molecule has 0 spiro atoms. The van der Waals surface area contributed by atoms with E-state index >= 15 is 0 Å². The molecule has 6 heteroatoms. The third-order valence-corrected chi connectivity index (χ3v) is 3.52. The first-order valence-electron chi connectivity index (χ1n) is 8.08. The van der Waals surface area contributed by atoms with Crippen LogP contribution in [0.3, 0.4) is 0 Å². The van der Waals surface area contributed by atoms with Crippen LogP contribution in [0, 0.1) is 0 Å². The van der Waals surface area contributed by atoms with Crippen LogP contribution in [0.4, 0.5) is 5.69 Å². The molecule has 1 unspecified atom stereocenters. The van der Waals surface area contributed by atoms with Gasteiger partial charge in [-0.3, -0.25) is 0 Å². The SMILES string of the molecule is CCc1cccc(NC(N)=NCC(C)Oc2ccccc2OC)c1.I. The summed E-state index contributed by atoms with van der Waals surface area (Å²) >= 11 is 0. The van der Waals surface area contributed by atoms with Gasteiger partial charge in [0.15, 0.2) is 17.5 Å². The topological polar surface area (TPSA) is 68.9 Å². The van der Waals surface area contributed by atoms with Crippen LogP contribution < -0.4 is 20.5 Å². The molecule has 0 amide bonds. The van der Waals surface area contributed by atoms with E-state index in [9.17, 15) is 0 Å². The number of nitrogens with one attached hydrogen (secondary N) is 1. The lowest BCUT2D eigenvalue weighted by atomic mass is 10.1. The first-order valence-corrected chi connectivity index (χ1v) is 8.08. The number of anilines is 1. The molecule has 0 bridgehead atoms. The van der Waals surface area contributed by atoms with Gasteiger partial charge >= 0.3 is 0 Å². The highest BCUT2D eigenvalue weighted by atomic mass is 127. The summed E-state index contributed by atoms with van der Waals surface area (Å²) < 4.78 is 11.1. The number of hydrogen-bond donors (Lipinski definition) is 2. The van der Waals surface area contributed by atoms with Gasteiger partial charge in [-0.2, -0.15) is 0 Å². The third kappa shape index (κ3) is 6.81. The normalized spacial score (nSPS) is 12.0. The molecule has 1 atom stereocenters. The van der Waals surface area contributed by atoms with Crippen molar-refractivity contribution in [2.24, 2.45) is 10.7 Å². The highest BCUT2D eigenvalue weighted by Gasteiger charge is 2.08. The van der Waals surface area contributed by atoms with Crippen molar-refractivity contribution in [2.75, 3.05) is 19.0 Å². The van der Waals surface area contributed by atoms with Crippen LogP contribution in [0.25, 0.3) is 0 Å². The van der Waals surface area contributed by atoms with Crippen LogP contribution in [0.2, 0.25) is 0 Å². The van der Waals surface area contributed by atoms with E-state index in [4.69, 9.17) is 15.2 Å². The highest BCUT2D eigenvalue weighted by Crippen LogP contribution is 2.26. The number of guanidine groups is 1. The number of para-hydroxylation sites is 2. The Labute approximate surface area is 166 Å². The van der Waals surface area contributed by atoms with Crippen molar-refractivity contribution < 1.29 is 9.47 Å². The monoisotopic (exact) mass is 455 g/mol. The van der Waals surface area contributed by atoms with Crippen LogP contribution in [0.1, 0.15) is 19.4 Å². The molecule has 0 saturated carbocycles. The van der Waals surface area contributed by atoms with Gasteiger partial charge in [0.2, 0.25) is 0 Å². The third-order valence-electron chi connectivity index (χ3n) is 3.52. The smallest absolute Gasteiger partial charge is 0.193 e. The maximum Gasteiger partial charge on any atom is 0.193 e. The first kappa shape index (κ1) is 21.1. The van der Waals surface area contributed by atoms with Crippen molar-refractivity contribution in [3.05, 3.63) is 54.1 Å². The minimum absolute atomic E-state index is 0. The zero-order valence-corrected chi connectivity index (χ0v) is 17.2. The van der Waals surface area contributed by atoms with Gasteiger partial charge < -0.3 is 20.5 Å². The van der Waals surface area contributed by atoms with Gasteiger partial charge in [-0.05, 0) is 43.2 Å². The Balaban J connectivity index is 0.00000312. The van der Waals surface area contributed by atoms with Gasteiger partial charge in [-0.15, -0.1) is 24.0 Å². The van der Waals surface area contributed by atoms with Gasteiger partial charge in [0.25, 0.3) is 0 Å². The summed E-state index contributed by atoms with van der Waals surface area (Å²) in [5.41, 5.74) is 8.14. The van der Waals surface area contributed by atoms with Crippen molar-refractivity contribution in [2.45, 2.75) is 26.4 Å². The Morgan fingerprint density at radius 3 is 2.56 bits per heavy atom. The average molecular weight is 455 g/mol. The summed E-state index contributed by atoms with van der Waals surface area (Å²) in [6.07, 6.45) is 0.861. The van der Waals surface area contributed by atoms with Crippen LogP contribution in [0.5, 0.6) is 11.5 Å². The molecule has 2 aromatic carbocycles. The molecule has 2 aromatic rings. The molecule has 0 radical (unpaired) electrons. The molecular weight excluding hydrogens is 429 g/mol. The molecule has 0 aliphatic heterocycles. The summed E-state index contributed by atoms with van der Waals surface area (Å²) in [5.74, 6) is 1.78. The minimum Gasteiger partial charge on any atom is -0.493 e. The minimum atomic E-state index is -0.122. The van der Waals surface area contributed by atoms with Gasteiger partial charge in [0.05, 0.1) is 13.7 Å². The molecule has 0 fully saturated rings. The molecule has 3 N–H and O–H groups in total. The second kappa shape index (κ2) is 10.8. The van der Waals surface area contributed by atoms with Gasteiger partial charge in [-0.25, -0.2) is 4.99 Å². The second-order valence-corrected chi connectivity index (χ2v) is 5.48. The van der Waals surface area contributed by atoms with Crippen molar-refractivity contribution in [3.63, 3.8) is 0 Å². The first-order chi connectivity index (χ1) is 11.6. The predicted octanol–water partition coefficient (Wildman–Crippen LogP) is 4.07. The summed E-state index contributed by atoms with van der Waals surface area (Å²) in [7, 11) is 1.62. The summed E-state index contributed by atoms with van der Waals surface area (Å²) in [6, 6.07) is 15.7. The van der Waals surface area contributed by atoms with E-state index in [0.717, 1.165) is 12.1 Å². The molecule has 5 nitrogen and oxygen atoms in total. The number of nitrogens with two attached hydrogens (primary N) is 1. The molecule has 0 heterocycles. The van der Waals surface area contributed by atoms with Gasteiger partial charge in [0, 0.05) is 5.69 Å². The van der Waals surface area contributed by atoms with Crippen LogP contribution in [-0.2, 0) is 6.42 Å². The summed E-state index contributed by atoms with van der Waals surface area (Å²) in [4.78, 5) is 4.34. The lowest BCUT2D eigenvalue weighted by Crippen LogP contribution is -2.25.